The van der Waals surface area contributed by atoms with Crippen LogP contribution >= 0.6 is 0 Å². The van der Waals surface area contributed by atoms with Gasteiger partial charge in [0.25, 0.3) is 5.56 Å². The molecule has 5 nitrogen and oxygen atoms in total. The van der Waals surface area contributed by atoms with Crippen LogP contribution in [0.4, 0.5) is 0 Å². The highest BCUT2D eigenvalue weighted by atomic mass is 16.1. The average molecular weight is 281 g/mol. The summed E-state index contributed by atoms with van der Waals surface area (Å²) in [6.45, 7) is 3.66. The van der Waals surface area contributed by atoms with Gasteiger partial charge in [0.05, 0.1) is 28.9 Å². The molecule has 5 heteroatoms. The third-order valence-corrected chi connectivity index (χ3v) is 3.91. The minimum atomic E-state index is -0.0872. The molecule has 0 atom stereocenters. The Kier molecular flexibility index (Phi) is 3.98. The maximum absolute atomic E-state index is 12.1. The van der Waals surface area contributed by atoms with Crippen molar-refractivity contribution in [1.29, 1.82) is 5.26 Å². The largest absolute Gasteiger partial charge is 0.304 e. The van der Waals surface area contributed by atoms with Crippen LogP contribution in [-0.2, 0) is 6.54 Å². The summed E-state index contributed by atoms with van der Waals surface area (Å²) in [6.07, 6.45) is 5.90. The molecule has 0 unspecified atom stereocenters. The maximum Gasteiger partial charge on any atom is 0.269 e. The van der Waals surface area contributed by atoms with Crippen LogP contribution in [0.1, 0.15) is 18.4 Å². The van der Waals surface area contributed by atoms with E-state index in [1.54, 1.807) is 16.7 Å². The molecule has 0 saturated carbocycles. The Hall–Kier alpha value is -2.19. The van der Waals surface area contributed by atoms with E-state index in [1.165, 1.54) is 6.20 Å². The molecule has 3 rings (SSSR count). The van der Waals surface area contributed by atoms with Crippen molar-refractivity contribution >= 4 is 11.0 Å². The Bertz CT molecular complexity index is 738. The van der Waals surface area contributed by atoms with Crippen LogP contribution in [0.3, 0.4) is 0 Å². The number of nitrogens with zero attached hydrogens (tertiary/aromatic N) is 4. The van der Waals surface area contributed by atoms with Crippen LogP contribution < -0.4 is 5.56 Å². The number of fused-ring (bicyclic) bond motifs is 1. The fourth-order valence-electron chi connectivity index (χ4n) is 2.74. The van der Waals surface area contributed by atoms with Crippen molar-refractivity contribution in [3.05, 3.63) is 46.7 Å². The summed E-state index contributed by atoms with van der Waals surface area (Å²) in [7, 11) is 0. The van der Waals surface area contributed by atoms with E-state index in [9.17, 15) is 4.79 Å². The van der Waals surface area contributed by atoms with Gasteiger partial charge < -0.3 is 9.47 Å². The third kappa shape index (κ3) is 2.96. The number of nitriles is 1. The average Bonchev–Trinajstić information content (AvgIpc) is 2.54. The van der Waals surface area contributed by atoms with Gasteiger partial charge in [-0.2, -0.15) is 5.26 Å². The van der Waals surface area contributed by atoms with Crippen molar-refractivity contribution in [2.45, 2.75) is 19.4 Å². The van der Waals surface area contributed by atoms with Gasteiger partial charge in [0.1, 0.15) is 0 Å². The van der Waals surface area contributed by atoms with Crippen LogP contribution in [0.2, 0.25) is 0 Å². The highest BCUT2D eigenvalue weighted by molar-refractivity contribution is 5.76. The van der Waals surface area contributed by atoms with Crippen molar-refractivity contribution in [2.75, 3.05) is 19.6 Å². The molecule has 0 aliphatic carbocycles. The summed E-state index contributed by atoms with van der Waals surface area (Å²) in [5, 5.41) is 8.94. The number of likely N-dealkylation sites (tertiary alicyclic amines) is 1. The van der Waals surface area contributed by atoms with Gasteiger partial charge >= 0.3 is 0 Å². The molecule has 1 aliphatic rings. The van der Waals surface area contributed by atoms with Crippen molar-refractivity contribution < 1.29 is 0 Å². The van der Waals surface area contributed by atoms with E-state index >= 15 is 0 Å². The standard InChI is InChI=1S/C16H17N4O/c17-11-13-4-5-15-14(10-13)18-12-16(21)20(15)9-8-19-6-2-1-3-7-19/h1,4-5,10,12H,2-3,6-9H2. The van der Waals surface area contributed by atoms with E-state index in [4.69, 9.17) is 5.26 Å². The predicted octanol–water partition coefficient (Wildman–Crippen LogP) is 1.57. The van der Waals surface area contributed by atoms with Gasteiger partial charge in [-0.3, -0.25) is 4.79 Å². The number of piperidine rings is 1. The smallest absolute Gasteiger partial charge is 0.269 e. The lowest BCUT2D eigenvalue weighted by molar-refractivity contribution is 0.244. The second kappa shape index (κ2) is 6.06. The molecule has 1 radical (unpaired) electrons. The van der Waals surface area contributed by atoms with Crippen molar-refractivity contribution in [2.24, 2.45) is 0 Å². The zero-order valence-electron chi connectivity index (χ0n) is 11.8. The second-order valence-electron chi connectivity index (χ2n) is 5.27. The highest BCUT2D eigenvalue weighted by Gasteiger charge is 2.11. The zero-order valence-corrected chi connectivity index (χ0v) is 11.8. The first-order chi connectivity index (χ1) is 10.3. The van der Waals surface area contributed by atoms with Gasteiger partial charge in [-0.05, 0) is 50.6 Å². The molecule has 1 saturated heterocycles. The Balaban J connectivity index is 1.88. The van der Waals surface area contributed by atoms with Gasteiger partial charge in [-0.15, -0.1) is 0 Å². The fraction of sp³-hybridized carbons (Fsp3) is 0.375. The minimum Gasteiger partial charge on any atom is -0.304 e. The first kappa shape index (κ1) is 13.8. The molecule has 0 N–H and O–H groups in total. The molecular weight excluding hydrogens is 264 g/mol. The lowest BCUT2D eigenvalue weighted by Crippen LogP contribution is -2.35. The van der Waals surface area contributed by atoms with E-state index in [1.807, 2.05) is 6.07 Å². The van der Waals surface area contributed by atoms with E-state index in [-0.39, 0.29) is 5.56 Å². The van der Waals surface area contributed by atoms with Gasteiger partial charge in [0, 0.05) is 13.1 Å². The minimum absolute atomic E-state index is 0.0872. The van der Waals surface area contributed by atoms with Gasteiger partial charge in [0.15, 0.2) is 0 Å². The zero-order chi connectivity index (χ0) is 14.7. The van der Waals surface area contributed by atoms with Gasteiger partial charge in [0.2, 0.25) is 0 Å². The molecule has 0 bridgehead atoms. The quantitative estimate of drug-likeness (QED) is 0.856. The number of aromatic nitrogens is 2. The molecule has 107 valence electrons. The number of hydrogen-bond acceptors (Lipinski definition) is 4. The molecule has 1 fully saturated rings. The van der Waals surface area contributed by atoms with E-state index in [0.29, 0.717) is 17.6 Å². The highest BCUT2D eigenvalue weighted by Crippen LogP contribution is 2.12. The molecule has 0 spiro atoms. The molecule has 2 heterocycles. The van der Waals surface area contributed by atoms with Crippen molar-refractivity contribution in [3.63, 3.8) is 0 Å². The number of rotatable bonds is 3. The van der Waals surface area contributed by atoms with E-state index in [2.05, 4.69) is 22.4 Å². The number of benzene rings is 1. The number of hydrogen-bond donors (Lipinski definition) is 0. The monoisotopic (exact) mass is 281 g/mol. The molecule has 1 aromatic heterocycles. The van der Waals surface area contributed by atoms with Crippen molar-refractivity contribution in [1.82, 2.24) is 14.5 Å². The van der Waals surface area contributed by atoms with Crippen LogP contribution in [-0.4, -0.2) is 34.1 Å². The SMILES string of the molecule is N#Cc1ccc2c(c1)ncc(=O)n2CCN1CC[CH]CC1. The molecular formula is C16H17N4O. The van der Waals surface area contributed by atoms with Crippen molar-refractivity contribution in [3.8, 4) is 6.07 Å². The summed E-state index contributed by atoms with van der Waals surface area (Å²) in [4.78, 5) is 18.6. The molecule has 2 aromatic rings. The Morgan fingerprint density at radius 3 is 2.81 bits per heavy atom. The first-order valence-corrected chi connectivity index (χ1v) is 7.21. The molecule has 0 amide bonds. The van der Waals surface area contributed by atoms with Crippen LogP contribution in [0, 0.1) is 17.8 Å². The predicted molar refractivity (Wildman–Crippen MR) is 80.7 cm³/mol. The lowest BCUT2D eigenvalue weighted by Gasteiger charge is -2.26. The van der Waals surface area contributed by atoms with E-state index < -0.39 is 0 Å². The summed E-state index contributed by atoms with van der Waals surface area (Å²) in [5.41, 5.74) is 1.97. The lowest BCUT2D eigenvalue weighted by atomic mass is 10.1. The van der Waals surface area contributed by atoms with Crippen LogP contribution in [0.15, 0.2) is 29.2 Å². The third-order valence-electron chi connectivity index (χ3n) is 3.91. The van der Waals surface area contributed by atoms with Crippen LogP contribution in [0.5, 0.6) is 0 Å². The summed E-state index contributed by atoms with van der Waals surface area (Å²) in [5.74, 6) is 0. The summed E-state index contributed by atoms with van der Waals surface area (Å²) in [6, 6.07) is 7.36. The van der Waals surface area contributed by atoms with Crippen LogP contribution in [0.25, 0.3) is 11.0 Å². The second-order valence-corrected chi connectivity index (χ2v) is 5.27. The molecule has 1 aliphatic heterocycles. The maximum atomic E-state index is 12.1. The molecule has 21 heavy (non-hydrogen) atoms. The Labute approximate surface area is 123 Å². The topological polar surface area (TPSA) is 61.9 Å². The Morgan fingerprint density at radius 1 is 1.24 bits per heavy atom. The van der Waals surface area contributed by atoms with Gasteiger partial charge in [-0.25, -0.2) is 4.98 Å². The normalized spacial score (nSPS) is 16.0. The summed E-state index contributed by atoms with van der Waals surface area (Å²) < 4.78 is 1.75. The van der Waals surface area contributed by atoms with Gasteiger partial charge in [-0.1, -0.05) is 0 Å². The first-order valence-electron chi connectivity index (χ1n) is 7.21. The molecule has 1 aromatic carbocycles. The Morgan fingerprint density at radius 2 is 2.05 bits per heavy atom. The fourth-order valence-corrected chi connectivity index (χ4v) is 2.74. The summed E-state index contributed by atoms with van der Waals surface area (Å²) >= 11 is 0. The van der Waals surface area contributed by atoms with E-state index in [0.717, 1.165) is 38.0 Å².